The second-order valence-electron chi connectivity index (χ2n) is 1.31. The predicted molar refractivity (Wildman–Crippen MR) is 32.8 cm³/mol. The van der Waals surface area contributed by atoms with E-state index in [0.717, 1.165) is 0 Å². The van der Waals surface area contributed by atoms with Crippen LogP contribution in [0.2, 0.25) is 0 Å². The first-order valence-electron chi connectivity index (χ1n) is 2.59. The van der Waals surface area contributed by atoms with Gasteiger partial charge in [-0.3, -0.25) is 4.79 Å². The van der Waals surface area contributed by atoms with E-state index in [1.54, 1.807) is 6.92 Å². The molecule has 0 unspecified atom stereocenters. The van der Waals surface area contributed by atoms with Gasteiger partial charge in [0.2, 0.25) is 0 Å². The van der Waals surface area contributed by atoms with E-state index in [1.807, 2.05) is 0 Å². The van der Waals surface area contributed by atoms with E-state index in [4.69, 9.17) is 0 Å². The zero-order valence-electron chi connectivity index (χ0n) is 5.40. The van der Waals surface area contributed by atoms with Crippen LogP contribution >= 0.6 is 0 Å². The Morgan fingerprint density at radius 2 is 2.20 bits per heavy atom. The summed E-state index contributed by atoms with van der Waals surface area (Å²) in [5.74, 6) is -0.633. The summed E-state index contributed by atoms with van der Waals surface area (Å²) < 4.78 is 26.7. The third kappa shape index (κ3) is 5.23. The molecule has 0 N–H and O–H groups in total. The Labute approximate surface area is 59.7 Å². The fraction of sp³-hybridized carbons (Fsp3) is 0.750. The Kier molecular flexibility index (Phi) is 4.47. The van der Waals surface area contributed by atoms with Gasteiger partial charge in [-0.15, -0.1) is 0 Å². The topological polar surface area (TPSA) is 72.8 Å². The highest BCUT2D eigenvalue weighted by atomic mass is 32.2. The Hall–Kier alpha value is -0.910. The molecule has 0 amide bonds. The van der Waals surface area contributed by atoms with E-state index in [1.165, 1.54) is 0 Å². The summed E-state index contributed by atoms with van der Waals surface area (Å²) in [4.78, 5) is 10.4. The molecular weight excluding hydrogens is 158 g/mol. The molecule has 0 aromatic rings. The maximum absolute atomic E-state index is 10.4. The van der Waals surface area contributed by atoms with Crippen LogP contribution in [0.3, 0.4) is 0 Å². The monoisotopic (exact) mass is 165 g/mol. The predicted octanol–water partition coefficient (Wildman–Crippen LogP) is -0.388. The van der Waals surface area contributed by atoms with Crippen molar-refractivity contribution >= 4 is 16.5 Å². The molecule has 0 rings (SSSR count). The average Bonchev–Trinajstić information content (AvgIpc) is 1.85. The van der Waals surface area contributed by atoms with Crippen molar-refractivity contribution < 1.29 is 17.9 Å². The van der Waals surface area contributed by atoms with E-state index in [9.17, 15) is 13.2 Å². The molecule has 58 valence electrons. The third-order valence-electron chi connectivity index (χ3n) is 0.604. The van der Waals surface area contributed by atoms with Crippen molar-refractivity contribution in [2.75, 3.05) is 13.2 Å². The zero-order valence-corrected chi connectivity index (χ0v) is 6.22. The van der Waals surface area contributed by atoms with E-state index in [2.05, 4.69) is 9.10 Å². The van der Waals surface area contributed by atoms with Gasteiger partial charge in [-0.2, -0.15) is 12.8 Å². The number of carbonyl (C=O) groups is 1. The molecular formula is C4H7NO4S. The van der Waals surface area contributed by atoms with Crippen molar-refractivity contribution in [1.82, 2.24) is 0 Å². The zero-order chi connectivity index (χ0) is 7.98. The van der Waals surface area contributed by atoms with Crippen LogP contribution in [0.25, 0.3) is 0 Å². The molecule has 0 aromatic heterocycles. The summed E-state index contributed by atoms with van der Waals surface area (Å²) in [6.45, 7) is 1.44. The van der Waals surface area contributed by atoms with Gasteiger partial charge in [-0.25, -0.2) is 0 Å². The van der Waals surface area contributed by atoms with Gasteiger partial charge < -0.3 is 4.74 Å². The van der Waals surface area contributed by atoms with E-state index in [0.29, 0.717) is 0 Å². The van der Waals surface area contributed by atoms with Gasteiger partial charge in [-0.1, -0.05) is 0 Å². The first-order chi connectivity index (χ1) is 4.66. The van der Waals surface area contributed by atoms with Crippen molar-refractivity contribution in [1.29, 1.82) is 0 Å². The molecule has 0 radical (unpaired) electrons. The molecule has 0 aliphatic rings. The lowest BCUT2D eigenvalue weighted by Gasteiger charge is -1.93. The van der Waals surface area contributed by atoms with Gasteiger partial charge in [0.25, 0.3) is 0 Å². The first kappa shape index (κ1) is 9.09. The van der Waals surface area contributed by atoms with Crippen LogP contribution in [-0.4, -0.2) is 27.5 Å². The molecule has 6 heteroatoms. The molecule has 0 aliphatic heterocycles. The first-order valence-corrected chi connectivity index (χ1v) is 3.62. The van der Waals surface area contributed by atoms with Crippen molar-refractivity contribution in [3.63, 3.8) is 0 Å². The van der Waals surface area contributed by atoms with E-state index in [-0.39, 0.29) is 6.61 Å². The maximum atomic E-state index is 10.4. The quantitative estimate of drug-likeness (QED) is 0.534. The highest BCUT2D eigenvalue weighted by molar-refractivity contribution is 7.61. The normalized spacial score (nSPS) is 8.50. The summed E-state index contributed by atoms with van der Waals surface area (Å²) in [5, 5.41) is 0. The van der Waals surface area contributed by atoms with Crippen LogP contribution in [0.15, 0.2) is 4.36 Å². The number of ether oxygens (including phenoxy) is 1. The van der Waals surface area contributed by atoms with E-state index < -0.39 is 23.0 Å². The van der Waals surface area contributed by atoms with Gasteiger partial charge in [0.15, 0.2) is 6.54 Å². The molecule has 0 bridgehead atoms. The minimum absolute atomic E-state index is 0.236. The Bertz CT molecular complexity index is 222. The standard InChI is InChI=1S/C4H7NO4S/c1-2-9-4(6)3-5-10(7)8/h2-3H2,1H3. The summed E-state index contributed by atoms with van der Waals surface area (Å²) in [6, 6.07) is 0. The molecule has 0 fully saturated rings. The number of hydrogen-bond acceptors (Lipinski definition) is 5. The van der Waals surface area contributed by atoms with E-state index >= 15 is 0 Å². The van der Waals surface area contributed by atoms with Crippen LogP contribution in [0.4, 0.5) is 0 Å². The smallest absolute Gasteiger partial charge is 0.328 e. The largest absolute Gasteiger partial charge is 0.465 e. The minimum Gasteiger partial charge on any atom is -0.465 e. The van der Waals surface area contributed by atoms with Gasteiger partial charge in [0, 0.05) is 0 Å². The lowest BCUT2D eigenvalue weighted by molar-refractivity contribution is -0.141. The minimum atomic E-state index is -2.52. The van der Waals surface area contributed by atoms with Crippen molar-refractivity contribution in [3.05, 3.63) is 0 Å². The molecule has 0 atom stereocenters. The van der Waals surface area contributed by atoms with Crippen molar-refractivity contribution in [2.45, 2.75) is 6.92 Å². The molecule has 0 aromatic carbocycles. The number of rotatable bonds is 3. The van der Waals surface area contributed by atoms with Crippen molar-refractivity contribution in [2.24, 2.45) is 4.36 Å². The molecule has 0 saturated carbocycles. The van der Waals surface area contributed by atoms with Gasteiger partial charge in [0.1, 0.15) is 0 Å². The van der Waals surface area contributed by atoms with Gasteiger partial charge >= 0.3 is 16.5 Å². The van der Waals surface area contributed by atoms with Crippen molar-refractivity contribution in [3.8, 4) is 0 Å². The van der Waals surface area contributed by atoms with Crippen LogP contribution in [0.1, 0.15) is 6.92 Å². The molecule has 0 spiro atoms. The summed E-state index contributed by atoms with van der Waals surface area (Å²) >= 11 is 0. The molecule has 0 heterocycles. The third-order valence-corrected chi connectivity index (χ3v) is 0.944. The molecule has 10 heavy (non-hydrogen) atoms. The summed E-state index contributed by atoms with van der Waals surface area (Å²) in [5.41, 5.74) is 0. The SMILES string of the molecule is CCOC(=O)CN=S(=O)=O. The molecule has 5 nitrogen and oxygen atoms in total. The maximum Gasteiger partial charge on any atom is 0.328 e. The fourth-order valence-corrected chi connectivity index (χ4v) is 0.523. The van der Waals surface area contributed by atoms with Crippen LogP contribution in [0, 0.1) is 0 Å². The Morgan fingerprint density at radius 1 is 1.60 bits per heavy atom. The molecule has 0 saturated heterocycles. The number of hydrogen-bond donors (Lipinski definition) is 0. The van der Waals surface area contributed by atoms with Gasteiger partial charge in [0.05, 0.1) is 6.61 Å². The van der Waals surface area contributed by atoms with Crippen LogP contribution < -0.4 is 0 Å². The molecule has 0 aliphatic carbocycles. The highest BCUT2D eigenvalue weighted by Gasteiger charge is 1.97. The lowest BCUT2D eigenvalue weighted by Crippen LogP contribution is -2.06. The Balaban J connectivity index is 3.71. The number of esters is 1. The summed E-state index contributed by atoms with van der Waals surface area (Å²) in [6.07, 6.45) is 0. The van der Waals surface area contributed by atoms with Crippen LogP contribution in [-0.2, 0) is 20.0 Å². The lowest BCUT2D eigenvalue weighted by atomic mass is 10.7. The highest BCUT2D eigenvalue weighted by Crippen LogP contribution is 1.77. The van der Waals surface area contributed by atoms with Gasteiger partial charge in [-0.05, 0) is 6.92 Å². The average molecular weight is 165 g/mol. The second kappa shape index (κ2) is 4.92. The summed E-state index contributed by atoms with van der Waals surface area (Å²) in [7, 11) is -2.52. The van der Waals surface area contributed by atoms with Crippen LogP contribution in [0.5, 0.6) is 0 Å². The number of nitrogens with zero attached hydrogens (tertiary/aromatic N) is 1. The number of carbonyl (C=O) groups excluding carboxylic acids is 1. The fourth-order valence-electron chi connectivity index (χ4n) is 0.312. The Morgan fingerprint density at radius 3 is 2.60 bits per heavy atom. The second-order valence-corrected chi connectivity index (χ2v) is 2.00.